The minimum atomic E-state index is -0.725. The second-order valence-corrected chi connectivity index (χ2v) is 11.9. The van der Waals surface area contributed by atoms with E-state index in [2.05, 4.69) is 34.4 Å². The molecule has 0 radical (unpaired) electrons. The normalized spacial score (nSPS) is 19.9. The third kappa shape index (κ3) is 5.44. The molecular formula is C28H35N3O4S. The lowest BCUT2D eigenvalue weighted by atomic mass is 9.78. The molecule has 8 heteroatoms. The lowest BCUT2D eigenvalue weighted by molar-refractivity contribution is -0.141. The summed E-state index contributed by atoms with van der Waals surface area (Å²) >= 11 is 1.61. The van der Waals surface area contributed by atoms with Crippen LogP contribution in [-0.2, 0) is 9.59 Å². The predicted molar refractivity (Wildman–Crippen MR) is 140 cm³/mol. The number of β-amino-alcohol motifs (C(OH)–C–C–N with tert-alkyl or cyclic N) is 1. The van der Waals surface area contributed by atoms with E-state index >= 15 is 0 Å². The number of carbonyl (C=O) groups is 2. The van der Waals surface area contributed by atoms with Gasteiger partial charge in [0.2, 0.25) is 5.91 Å². The molecule has 1 aliphatic rings. The lowest BCUT2D eigenvalue weighted by Crippen LogP contribution is -2.46. The maximum atomic E-state index is 13.8. The topological polar surface area (TPSA) is 96.5 Å². The molecule has 0 saturated carbocycles. The van der Waals surface area contributed by atoms with E-state index in [-0.39, 0.29) is 30.6 Å². The van der Waals surface area contributed by atoms with Crippen molar-refractivity contribution in [2.24, 2.45) is 5.41 Å². The highest BCUT2D eigenvalue weighted by molar-refractivity contribution is 7.13. The molecular weight excluding hydrogens is 474 g/mol. The van der Waals surface area contributed by atoms with Crippen LogP contribution in [0.3, 0.4) is 0 Å². The third-order valence-electron chi connectivity index (χ3n) is 6.97. The zero-order chi connectivity index (χ0) is 26.2. The highest BCUT2D eigenvalue weighted by atomic mass is 32.1. The fourth-order valence-electron chi connectivity index (χ4n) is 5.06. The van der Waals surface area contributed by atoms with E-state index < -0.39 is 23.5 Å². The van der Waals surface area contributed by atoms with Gasteiger partial charge in [0.15, 0.2) is 5.78 Å². The predicted octanol–water partition coefficient (Wildman–Crippen LogP) is 5.27. The number of aromatic nitrogens is 2. The largest absolute Gasteiger partial charge is 0.391 e. The molecule has 36 heavy (non-hydrogen) atoms. The number of hydrogen-bond acceptors (Lipinski definition) is 7. The van der Waals surface area contributed by atoms with Crippen molar-refractivity contribution in [3.63, 3.8) is 0 Å². The number of aliphatic hydroxyl groups is 1. The number of likely N-dealkylation sites (tertiary alicyclic amines) is 1. The van der Waals surface area contributed by atoms with Gasteiger partial charge in [-0.25, -0.2) is 4.98 Å². The van der Waals surface area contributed by atoms with E-state index in [0.29, 0.717) is 17.9 Å². The first-order valence-electron chi connectivity index (χ1n) is 12.4. The van der Waals surface area contributed by atoms with Crippen LogP contribution < -0.4 is 0 Å². The quantitative estimate of drug-likeness (QED) is 0.466. The first-order chi connectivity index (χ1) is 17.0. The van der Waals surface area contributed by atoms with Crippen molar-refractivity contribution in [3.05, 3.63) is 58.6 Å². The van der Waals surface area contributed by atoms with E-state index in [9.17, 15) is 14.7 Å². The van der Waals surface area contributed by atoms with Gasteiger partial charge in [0.1, 0.15) is 11.7 Å². The molecule has 1 aromatic carbocycles. The molecule has 7 nitrogen and oxygen atoms in total. The molecule has 3 aromatic rings. The Bertz CT molecular complexity index is 1220. The van der Waals surface area contributed by atoms with E-state index in [1.165, 1.54) is 0 Å². The number of hydrogen-bond donors (Lipinski definition) is 1. The Hall–Kier alpha value is -2.84. The van der Waals surface area contributed by atoms with Crippen LogP contribution in [0, 0.1) is 19.3 Å². The van der Waals surface area contributed by atoms with Crippen molar-refractivity contribution >= 4 is 23.0 Å². The summed E-state index contributed by atoms with van der Waals surface area (Å²) in [5.74, 6) is -0.359. The number of nitrogens with zero attached hydrogens (tertiary/aromatic N) is 3. The van der Waals surface area contributed by atoms with Gasteiger partial charge in [0.25, 0.3) is 0 Å². The molecule has 0 spiro atoms. The van der Waals surface area contributed by atoms with Crippen molar-refractivity contribution in [2.45, 2.75) is 78.4 Å². The Balaban J connectivity index is 1.50. The Morgan fingerprint density at radius 3 is 2.47 bits per heavy atom. The van der Waals surface area contributed by atoms with Gasteiger partial charge in [0.05, 0.1) is 33.9 Å². The van der Waals surface area contributed by atoms with E-state index in [1.807, 2.05) is 47.1 Å². The van der Waals surface area contributed by atoms with Crippen LogP contribution in [0.4, 0.5) is 0 Å². The van der Waals surface area contributed by atoms with Gasteiger partial charge in [-0.2, -0.15) is 0 Å². The molecule has 192 valence electrons. The molecule has 3 heterocycles. The fourth-order valence-corrected chi connectivity index (χ4v) is 5.88. The average molecular weight is 510 g/mol. The van der Waals surface area contributed by atoms with Crippen molar-refractivity contribution in [1.29, 1.82) is 0 Å². The number of benzene rings is 1. The van der Waals surface area contributed by atoms with Crippen LogP contribution in [-0.4, -0.2) is 50.5 Å². The van der Waals surface area contributed by atoms with Crippen molar-refractivity contribution < 1.29 is 19.2 Å². The summed E-state index contributed by atoms with van der Waals surface area (Å²) in [4.78, 5) is 34.2. The van der Waals surface area contributed by atoms with Crippen LogP contribution in [0.15, 0.2) is 40.4 Å². The SMILES string of the molecule is Cc1cc([C@H](C(=O)N2C[C@H](O)C[C@H]2C(=O)C[C@@H](C)c2ccc(-c3scnc3C)cc2)C(C)(C)C)on1. The smallest absolute Gasteiger partial charge is 0.234 e. The molecule has 1 amide bonds. The third-order valence-corrected chi connectivity index (χ3v) is 7.95. The lowest BCUT2D eigenvalue weighted by Gasteiger charge is -2.33. The second kappa shape index (κ2) is 10.3. The number of aliphatic hydroxyl groups excluding tert-OH is 1. The van der Waals surface area contributed by atoms with E-state index in [4.69, 9.17) is 4.52 Å². The maximum absolute atomic E-state index is 13.8. The standard InChI is InChI=1S/C28H35N3O4S/c1-16(19-7-9-20(10-8-19)26-18(3)29-15-36-26)11-23(33)22-13-21(32)14-31(22)27(34)25(28(4,5)6)24-12-17(2)30-35-24/h7-10,12,15-16,21-22,25,32H,11,13-14H2,1-6H3/t16-,21-,22+,25-/m1/s1. The summed E-state index contributed by atoms with van der Waals surface area (Å²) in [6.07, 6.45) is -0.174. The first-order valence-corrected chi connectivity index (χ1v) is 13.3. The van der Waals surface area contributed by atoms with Gasteiger partial charge in [-0.1, -0.05) is 57.1 Å². The number of carbonyl (C=O) groups excluding carboxylic acids is 2. The molecule has 1 fully saturated rings. The highest BCUT2D eigenvalue weighted by Crippen LogP contribution is 2.39. The Labute approximate surface area is 216 Å². The summed E-state index contributed by atoms with van der Waals surface area (Å²) in [5.41, 5.74) is 5.28. The molecule has 0 aliphatic carbocycles. The number of aryl methyl sites for hydroxylation is 2. The summed E-state index contributed by atoms with van der Waals surface area (Å²) < 4.78 is 5.47. The van der Waals surface area contributed by atoms with Gasteiger partial charge in [-0.3, -0.25) is 9.59 Å². The zero-order valence-electron chi connectivity index (χ0n) is 21.8. The monoisotopic (exact) mass is 509 g/mol. The fraction of sp³-hybridized carbons (Fsp3) is 0.500. The minimum Gasteiger partial charge on any atom is -0.391 e. The Morgan fingerprint density at radius 1 is 1.22 bits per heavy atom. The Morgan fingerprint density at radius 2 is 1.92 bits per heavy atom. The van der Waals surface area contributed by atoms with Gasteiger partial charge in [-0.05, 0) is 36.3 Å². The van der Waals surface area contributed by atoms with Gasteiger partial charge >= 0.3 is 0 Å². The summed E-state index contributed by atoms with van der Waals surface area (Å²) in [7, 11) is 0. The second-order valence-electron chi connectivity index (χ2n) is 11.0. The van der Waals surface area contributed by atoms with Crippen molar-refractivity contribution in [3.8, 4) is 10.4 Å². The van der Waals surface area contributed by atoms with Crippen LogP contribution >= 0.6 is 11.3 Å². The molecule has 1 saturated heterocycles. The zero-order valence-corrected chi connectivity index (χ0v) is 22.6. The molecule has 0 bridgehead atoms. The summed E-state index contributed by atoms with van der Waals surface area (Å²) in [5, 5.41) is 14.4. The highest BCUT2D eigenvalue weighted by Gasteiger charge is 2.45. The van der Waals surface area contributed by atoms with E-state index in [0.717, 1.165) is 21.7 Å². The van der Waals surface area contributed by atoms with Crippen LogP contribution in [0.5, 0.6) is 0 Å². The van der Waals surface area contributed by atoms with Crippen LogP contribution in [0.2, 0.25) is 0 Å². The molecule has 0 unspecified atom stereocenters. The van der Waals surface area contributed by atoms with Gasteiger partial charge in [0, 0.05) is 25.5 Å². The number of rotatable bonds is 7. The van der Waals surface area contributed by atoms with Gasteiger partial charge < -0.3 is 14.5 Å². The molecule has 4 atom stereocenters. The molecule has 4 rings (SSSR count). The van der Waals surface area contributed by atoms with Crippen LogP contribution in [0.1, 0.15) is 75.1 Å². The maximum Gasteiger partial charge on any atom is 0.234 e. The number of Topliss-reactive ketones (excluding diaryl/α,β-unsaturated/α-hetero) is 1. The molecule has 1 N–H and O–H groups in total. The number of amides is 1. The van der Waals surface area contributed by atoms with Crippen molar-refractivity contribution in [2.75, 3.05) is 6.54 Å². The van der Waals surface area contributed by atoms with Crippen molar-refractivity contribution in [1.82, 2.24) is 15.0 Å². The molecule has 1 aliphatic heterocycles. The average Bonchev–Trinajstić information content (AvgIpc) is 3.53. The van der Waals surface area contributed by atoms with E-state index in [1.54, 1.807) is 22.3 Å². The number of thiazole rings is 1. The molecule has 2 aromatic heterocycles. The van der Waals surface area contributed by atoms with Gasteiger partial charge in [-0.15, -0.1) is 11.3 Å². The number of ketones is 1. The summed E-state index contributed by atoms with van der Waals surface area (Å²) in [6.45, 7) is 11.9. The Kier molecular flexibility index (Phi) is 7.48. The minimum absolute atomic E-state index is 0.0147. The summed E-state index contributed by atoms with van der Waals surface area (Å²) in [6, 6.07) is 9.37. The first kappa shape index (κ1) is 26.2. The van der Waals surface area contributed by atoms with Crippen LogP contribution in [0.25, 0.3) is 10.4 Å².